The van der Waals surface area contributed by atoms with Crippen LogP contribution in [0.25, 0.3) is 0 Å². The molecule has 0 atom stereocenters. The highest BCUT2D eigenvalue weighted by molar-refractivity contribution is 5.98. The van der Waals surface area contributed by atoms with E-state index in [0.717, 1.165) is 12.0 Å². The summed E-state index contributed by atoms with van der Waals surface area (Å²) < 4.78 is 9.75. The van der Waals surface area contributed by atoms with E-state index in [2.05, 4.69) is 30.5 Å². The third-order valence-electron chi connectivity index (χ3n) is 2.55. The number of methoxy groups -OCH3 is 1. The summed E-state index contributed by atoms with van der Waals surface area (Å²) in [7, 11) is 2.97. The summed E-state index contributed by atoms with van der Waals surface area (Å²) in [6.45, 7) is 10.1. The zero-order valence-electron chi connectivity index (χ0n) is 11.9. The van der Waals surface area contributed by atoms with Gasteiger partial charge in [-0.3, -0.25) is 4.99 Å². The maximum absolute atomic E-state index is 11.3. The Hall–Kier alpha value is -1.32. The highest BCUT2D eigenvalue weighted by atomic mass is 16.7. The van der Waals surface area contributed by atoms with Crippen molar-refractivity contribution in [1.29, 1.82) is 0 Å². The molecule has 0 aromatic carbocycles. The van der Waals surface area contributed by atoms with Crippen molar-refractivity contribution in [2.75, 3.05) is 14.2 Å². The number of carbonyl (C=O) groups is 1. The molecule has 0 N–H and O–H groups in total. The van der Waals surface area contributed by atoms with Crippen LogP contribution >= 0.6 is 0 Å². The minimum Gasteiger partial charge on any atom is -0.437 e. The van der Waals surface area contributed by atoms with Gasteiger partial charge in [0.15, 0.2) is 5.76 Å². The van der Waals surface area contributed by atoms with Crippen LogP contribution in [-0.2, 0) is 9.47 Å². The smallest absolute Gasteiger partial charge is 0.437 e. The second-order valence-corrected chi connectivity index (χ2v) is 4.78. The molecule has 0 aromatic heterocycles. The Morgan fingerprint density at radius 2 is 1.82 bits per heavy atom. The van der Waals surface area contributed by atoms with Crippen LogP contribution in [0.1, 0.15) is 41.0 Å². The summed E-state index contributed by atoms with van der Waals surface area (Å²) in [5.74, 6) is 0.523. The van der Waals surface area contributed by atoms with E-state index in [1.807, 2.05) is 13.8 Å². The van der Waals surface area contributed by atoms with Gasteiger partial charge in [0.2, 0.25) is 0 Å². The molecule has 0 unspecified atom stereocenters. The molecule has 0 aliphatic carbocycles. The predicted octanol–water partition coefficient (Wildman–Crippen LogP) is 3.57. The number of hydrogen-bond acceptors (Lipinski definition) is 4. The maximum atomic E-state index is 11.3. The van der Waals surface area contributed by atoms with Gasteiger partial charge >= 0.3 is 6.16 Å². The zero-order chi connectivity index (χ0) is 13.6. The van der Waals surface area contributed by atoms with Crippen LogP contribution in [0, 0.1) is 5.41 Å². The van der Waals surface area contributed by atoms with Gasteiger partial charge in [-0.25, -0.2) is 4.79 Å². The summed E-state index contributed by atoms with van der Waals surface area (Å²) in [6, 6.07) is 0. The average molecular weight is 241 g/mol. The first kappa shape index (κ1) is 15.7. The minimum atomic E-state index is -0.710. The summed E-state index contributed by atoms with van der Waals surface area (Å²) >= 11 is 0. The summed E-state index contributed by atoms with van der Waals surface area (Å²) in [5.41, 5.74) is 1.66. The molecule has 0 heterocycles. The first-order valence-electron chi connectivity index (χ1n) is 5.71. The Kier molecular flexibility index (Phi) is 5.93. The van der Waals surface area contributed by atoms with Gasteiger partial charge in [-0.1, -0.05) is 27.7 Å². The molecular formula is C13H23NO3. The molecule has 0 rings (SSSR count). The maximum Gasteiger partial charge on any atom is 0.513 e. The quantitative estimate of drug-likeness (QED) is 0.431. The molecule has 0 spiro atoms. The fourth-order valence-corrected chi connectivity index (χ4v) is 1.61. The van der Waals surface area contributed by atoms with Gasteiger partial charge in [-0.2, -0.15) is 0 Å². The second-order valence-electron chi connectivity index (χ2n) is 4.78. The largest absolute Gasteiger partial charge is 0.513 e. The van der Waals surface area contributed by atoms with Gasteiger partial charge < -0.3 is 9.47 Å². The average Bonchev–Trinajstić information content (AvgIpc) is 2.25. The second kappa shape index (κ2) is 6.42. The lowest BCUT2D eigenvalue weighted by Gasteiger charge is -2.25. The normalized spacial score (nSPS) is 14.2. The van der Waals surface area contributed by atoms with Crippen molar-refractivity contribution in [3.8, 4) is 0 Å². The van der Waals surface area contributed by atoms with E-state index in [4.69, 9.17) is 4.74 Å². The SMILES string of the molecule is CC/C(=C(/OC(=O)OC)C(C)=NC)C(C)(C)C. The lowest BCUT2D eigenvalue weighted by atomic mass is 9.83. The van der Waals surface area contributed by atoms with Crippen LogP contribution in [0.5, 0.6) is 0 Å². The van der Waals surface area contributed by atoms with E-state index in [1.54, 1.807) is 7.05 Å². The molecule has 0 aromatic rings. The summed E-state index contributed by atoms with van der Waals surface area (Å²) in [5, 5.41) is 0. The molecule has 4 nitrogen and oxygen atoms in total. The Balaban J connectivity index is 5.55. The molecule has 0 bridgehead atoms. The molecule has 0 radical (unpaired) electrons. The lowest BCUT2D eigenvalue weighted by molar-refractivity contribution is 0.0995. The monoisotopic (exact) mass is 241 g/mol. The van der Waals surface area contributed by atoms with Gasteiger partial charge in [0.05, 0.1) is 12.8 Å². The third-order valence-corrected chi connectivity index (χ3v) is 2.55. The lowest BCUT2D eigenvalue weighted by Crippen LogP contribution is -2.19. The number of ether oxygens (including phenoxy) is 2. The summed E-state index contributed by atoms with van der Waals surface area (Å²) in [6.07, 6.45) is 0.0843. The topological polar surface area (TPSA) is 47.9 Å². The number of hydrogen-bond donors (Lipinski definition) is 0. The van der Waals surface area contributed by atoms with Crippen molar-refractivity contribution in [2.45, 2.75) is 41.0 Å². The Bertz CT molecular complexity index is 335. The third kappa shape index (κ3) is 4.59. The van der Waals surface area contributed by atoms with Crippen molar-refractivity contribution >= 4 is 11.9 Å². The van der Waals surface area contributed by atoms with Crippen LogP contribution in [-0.4, -0.2) is 26.0 Å². The molecule has 17 heavy (non-hydrogen) atoms. The zero-order valence-corrected chi connectivity index (χ0v) is 11.9. The van der Waals surface area contributed by atoms with E-state index in [1.165, 1.54) is 7.11 Å². The van der Waals surface area contributed by atoms with Gasteiger partial charge in [0, 0.05) is 7.05 Å². The highest BCUT2D eigenvalue weighted by Crippen LogP contribution is 2.31. The number of nitrogens with zero attached hydrogens (tertiary/aromatic N) is 1. The molecular weight excluding hydrogens is 218 g/mol. The van der Waals surface area contributed by atoms with E-state index >= 15 is 0 Å². The predicted molar refractivity (Wildman–Crippen MR) is 69.3 cm³/mol. The fourth-order valence-electron chi connectivity index (χ4n) is 1.61. The Labute approximate surface area is 104 Å². The van der Waals surface area contributed by atoms with E-state index in [-0.39, 0.29) is 5.41 Å². The molecule has 0 aliphatic rings. The standard InChI is InChI=1S/C13H23NO3/c1-8-10(13(3,4)5)11(9(2)14-6)17-12(15)16-7/h8H2,1-7H3/b11-10-,14-9?. The number of allylic oxidation sites excluding steroid dienone is 2. The van der Waals surface area contributed by atoms with E-state index in [9.17, 15) is 4.79 Å². The van der Waals surface area contributed by atoms with E-state index in [0.29, 0.717) is 11.5 Å². The van der Waals surface area contributed by atoms with Crippen molar-refractivity contribution in [3.05, 3.63) is 11.3 Å². The fraction of sp³-hybridized carbons (Fsp3) is 0.692. The number of rotatable bonds is 3. The molecule has 98 valence electrons. The Morgan fingerprint density at radius 1 is 1.29 bits per heavy atom. The van der Waals surface area contributed by atoms with Crippen LogP contribution in [0.3, 0.4) is 0 Å². The van der Waals surface area contributed by atoms with Gasteiger partial charge in [-0.15, -0.1) is 0 Å². The van der Waals surface area contributed by atoms with E-state index < -0.39 is 6.16 Å². The summed E-state index contributed by atoms with van der Waals surface area (Å²) in [4.78, 5) is 15.3. The minimum absolute atomic E-state index is 0.0793. The molecule has 0 saturated carbocycles. The van der Waals surface area contributed by atoms with Crippen molar-refractivity contribution in [3.63, 3.8) is 0 Å². The first-order valence-corrected chi connectivity index (χ1v) is 5.71. The van der Waals surface area contributed by atoms with Crippen molar-refractivity contribution in [2.24, 2.45) is 10.4 Å². The number of carbonyl (C=O) groups excluding carboxylic acids is 1. The van der Waals surface area contributed by atoms with Crippen LogP contribution in [0.2, 0.25) is 0 Å². The molecule has 0 amide bonds. The molecule has 0 fully saturated rings. The Morgan fingerprint density at radius 3 is 2.12 bits per heavy atom. The van der Waals surface area contributed by atoms with Crippen molar-refractivity contribution < 1.29 is 14.3 Å². The first-order chi connectivity index (χ1) is 7.77. The highest BCUT2D eigenvalue weighted by Gasteiger charge is 2.24. The molecule has 0 saturated heterocycles. The number of aliphatic imine (C=N–C) groups is 1. The van der Waals surface area contributed by atoms with Crippen LogP contribution in [0.4, 0.5) is 4.79 Å². The van der Waals surface area contributed by atoms with Crippen molar-refractivity contribution in [1.82, 2.24) is 0 Å². The molecule has 0 aliphatic heterocycles. The van der Waals surface area contributed by atoms with Gasteiger partial charge in [0.25, 0.3) is 0 Å². The molecule has 4 heteroatoms. The van der Waals surface area contributed by atoms with Gasteiger partial charge in [0.1, 0.15) is 0 Å². The van der Waals surface area contributed by atoms with Crippen LogP contribution in [0.15, 0.2) is 16.3 Å². The van der Waals surface area contributed by atoms with Crippen LogP contribution < -0.4 is 0 Å². The van der Waals surface area contributed by atoms with Gasteiger partial charge in [-0.05, 0) is 24.3 Å².